The lowest BCUT2D eigenvalue weighted by Crippen LogP contribution is -2.11. The fourth-order valence-electron chi connectivity index (χ4n) is 6.91. The molecule has 0 saturated heterocycles. The van der Waals surface area contributed by atoms with Crippen LogP contribution < -0.4 is 4.74 Å². The lowest BCUT2D eigenvalue weighted by atomic mass is 9.86. The molecule has 0 N–H and O–H groups in total. The highest BCUT2D eigenvalue weighted by Gasteiger charge is 2.21. The largest absolute Gasteiger partial charge is 0.439 e. The summed E-state index contributed by atoms with van der Waals surface area (Å²) in [6.45, 7) is 13.6. The van der Waals surface area contributed by atoms with Gasteiger partial charge in [-0.15, -0.1) is 0 Å². The second-order valence-electron chi connectivity index (χ2n) is 14.6. The smallest absolute Gasteiger partial charge is 0.221 e. The standard InChI is InChI=1S/C41H37N3O/c1-40(2,3)24-25-19-27-22-36(45-29-12-9-11-26(21-29)34-23-28(17-18-42-34)41(4,5)6)43-39-37(27)33(20-25)32-15-10-14-31-30-13-7-8-16-35(30)44(39)38(31)32/h7-23H,24H2,1-6H3. The molecule has 0 spiro atoms. The maximum absolute atomic E-state index is 6.61. The second kappa shape index (κ2) is 9.77. The summed E-state index contributed by atoms with van der Waals surface area (Å²) in [5, 5.41) is 7.28. The molecule has 0 aliphatic rings. The average Bonchev–Trinajstić information content (AvgIpc) is 3.34. The van der Waals surface area contributed by atoms with Crippen LogP contribution in [-0.2, 0) is 11.8 Å². The Balaban J connectivity index is 1.35. The number of nitrogens with zero attached hydrogens (tertiary/aromatic N) is 3. The van der Waals surface area contributed by atoms with E-state index in [4.69, 9.17) is 9.72 Å². The van der Waals surface area contributed by atoms with Gasteiger partial charge in [0.2, 0.25) is 5.88 Å². The van der Waals surface area contributed by atoms with Crippen molar-refractivity contribution in [3.8, 4) is 22.9 Å². The van der Waals surface area contributed by atoms with Crippen molar-refractivity contribution in [1.82, 2.24) is 14.4 Å². The Bertz CT molecular complexity index is 2400. The molecule has 4 aromatic carbocycles. The number of aromatic nitrogens is 3. The number of fused-ring (bicyclic) bond motifs is 5. The van der Waals surface area contributed by atoms with E-state index in [0.717, 1.165) is 40.0 Å². The van der Waals surface area contributed by atoms with Gasteiger partial charge in [0.25, 0.3) is 0 Å². The summed E-state index contributed by atoms with van der Waals surface area (Å²) in [5.74, 6) is 1.31. The quantitative estimate of drug-likeness (QED) is 0.152. The molecule has 8 aromatic rings. The SMILES string of the molecule is CC(C)(C)Cc1cc2cc(Oc3cccc(-c4cc(C(C)(C)C)ccn4)c3)nc3c2c(c1)c1cccc2c4ccccc4n3c12. The average molecular weight is 588 g/mol. The van der Waals surface area contributed by atoms with Crippen LogP contribution in [0.3, 0.4) is 0 Å². The normalized spacial score (nSPS) is 12.8. The molecule has 0 atom stereocenters. The van der Waals surface area contributed by atoms with E-state index in [1.807, 2.05) is 18.3 Å². The zero-order chi connectivity index (χ0) is 31.1. The molecule has 222 valence electrons. The van der Waals surface area contributed by atoms with E-state index in [2.05, 4.69) is 136 Å². The van der Waals surface area contributed by atoms with Crippen LogP contribution >= 0.6 is 0 Å². The van der Waals surface area contributed by atoms with Gasteiger partial charge in [-0.3, -0.25) is 9.38 Å². The van der Waals surface area contributed by atoms with E-state index in [-0.39, 0.29) is 10.8 Å². The molecule has 0 aliphatic heterocycles. The third-order valence-corrected chi connectivity index (χ3v) is 8.86. The van der Waals surface area contributed by atoms with E-state index in [9.17, 15) is 0 Å². The van der Waals surface area contributed by atoms with Gasteiger partial charge in [-0.2, -0.15) is 4.98 Å². The summed E-state index contributed by atoms with van der Waals surface area (Å²) >= 11 is 0. The number of hydrogen-bond acceptors (Lipinski definition) is 3. The Morgan fingerprint density at radius 2 is 1.47 bits per heavy atom. The first kappa shape index (κ1) is 27.6. The molecular formula is C41H37N3O. The van der Waals surface area contributed by atoms with Crippen molar-refractivity contribution in [2.75, 3.05) is 0 Å². The monoisotopic (exact) mass is 587 g/mol. The van der Waals surface area contributed by atoms with Gasteiger partial charge in [0.1, 0.15) is 11.4 Å². The Hall–Kier alpha value is -4.96. The Kier molecular flexibility index (Phi) is 5.99. The van der Waals surface area contributed by atoms with E-state index >= 15 is 0 Å². The number of ether oxygens (including phenoxy) is 1. The van der Waals surface area contributed by atoms with Crippen LogP contribution in [-0.4, -0.2) is 14.4 Å². The molecule has 4 nitrogen and oxygen atoms in total. The van der Waals surface area contributed by atoms with Gasteiger partial charge in [0, 0.05) is 39.4 Å². The molecule has 45 heavy (non-hydrogen) atoms. The molecule has 4 heteroatoms. The van der Waals surface area contributed by atoms with Gasteiger partial charge < -0.3 is 4.74 Å². The number of para-hydroxylation sites is 2. The highest BCUT2D eigenvalue weighted by molar-refractivity contribution is 6.26. The van der Waals surface area contributed by atoms with Crippen LogP contribution in [0.2, 0.25) is 0 Å². The summed E-state index contributed by atoms with van der Waals surface area (Å²) in [4.78, 5) is 9.94. The maximum Gasteiger partial charge on any atom is 0.221 e. The van der Waals surface area contributed by atoms with Crippen LogP contribution in [0.5, 0.6) is 11.6 Å². The first-order valence-corrected chi connectivity index (χ1v) is 15.8. The predicted octanol–water partition coefficient (Wildman–Crippen LogP) is 11.1. The van der Waals surface area contributed by atoms with Crippen molar-refractivity contribution < 1.29 is 4.74 Å². The van der Waals surface area contributed by atoms with Crippen LogP contribution in [0.1, 0.15) is 52.7 Å². The molecule has 4 aromatic heterocycles. The Morgan fingerprint density at radius 1 is 0.711 bits per heavy atom. The van der Waals surface area contributed by atoms with Crippen molar-refractivity contribution in [3.05, 3.63) is 114 Å². The predicted molar refractivity (Wildman–Crippen MR) is 188 cm³/mol. The number of hydrogen-bond donors (Lipinski definition) is 0. The van der Waals surface area contributed by atoms with Gasteiger partial charge in [-0.25, -0.2) is 0 Å². The molecule has 0 saturated carbocycles. The van der Waals surface area contributed by atoms with Gasteiger partial charge in [-0.05, 0) is 69.5 Å². The number of benzene rings is 4. The highest BCUT2D eigenvalue weighted by Crippen LogP contribution is 2.42. The molecule has 0 amide bonds. The van der Waals surface area contributed by atoms with Crippen LogP contribution in [0.4, 0.5) is 0 Å². The van der Waals surface area contributed by atoms with Crippen molar-refractivity contribution in [2.24, 2.45) is 5.41 Å². The summed E-state index contributed by atoms with van der Waals surface area (Å²) in [7, 11) is 0. The first-order chi connectivity index (χ1) is 21.5. The molecule has 0 radical (unpaired) electrons. The zero-order valence-electron chi connectivity index (χ0n) is 26.8. The van der Waals surface area contributed by atoms with Crippen LogP contribution in [0.15, 0.2) is 103 Å². The molecule has 0 unspecified atom stereocenters. The van der Waals surface area contributed by atoms with E-state index in [1.165, 1.54) is 43.6 Å². The van der Waals surface area contributed by atoms with E-state index in [0.29, 0.717) is 5.88 Å². The third kappa shape index (κ3) is 4.67. The van der Waals surface area contributed by atoms with Gasteiger partial charge >= 0.3 is 0 Å². The van der Waals surface area contributed by atoms with Crippen molar-refractivity contribution in [3.63, 3.8) is 0 Å². The second-order valence-corrected chi connectivity index (χ2v) is 14.6. The summed E-state index contributed by atoms with van der Waals surface area (Å²) in [6, 6.07) is 34.6. The Labute approximate surface area is 263 Å². The van der Waals surface area contributed by atoms with E-state index in [1.54, 1.807) is 0 Å². The summed E-state index contributed by atoms with van der Waals surface area (Å²) in [6.07, 6.45) is 2.87. The van der Waals surface area contributed by atoms with Crippen molar-refractivity contribution in [1.29, 1.82) is 0 Å². The topological polar surface area (TPSA) is 39.4 Å². The van der Waals surface area contributed by atoms with Gasteiger partial charge in [0.05, 0.1) is 16.7 Å². The lowest BCUT2D eigenvalue weighted by Gasteiger charge is -2.20. The zero-order valence-corrected chi connectivity index (χ0v) is 26.8. The highest BCUT2D eigenvalue weighted by atomic mass is 16.5. The molecular weight excluding hydrogens is 550 g/mol. The Morgan fingerprint density at radius 3 is 2.27 bits per heavy atom. The third-order valence-electron chi connectivity index (χ3n) is 8.86. The summed E-state index contributed by atoms with van der Waals surface area (Å²) in [5.41, 5.74) is 8.00. The van der Waals surface area contributed by atoms with Crippen LogP contribution in [0, 0.1) is 5.41 Å². The molecule has 4 heterocycles. The van der Waals surface area contributed by atoms with Gasteiger partial charge in [-0.1, -0.05) is 102 Å². The number of pyridine rings is 3. The number of rotatable bonds is 4. The fourth-order valence-corrected chi connectivity index (χ4v) is 6.91. The fraction of sp³-hybridized carbons (Fsp3) is 0.220. The minimum Gasteiger partial charge on any atom is -0.439 e. The molecule has 8 rings (SSSR count). The summed E-state index contributed by atoms with van der Waals surface area (Å²) < 4.78 is 8.95. The maximum atomic E-state index is 6.61. The molecule has 0 aliphatic carbocycles. The lowest BCUT2D eigenvalue weighted by molar-refractivity contribution is 0.411. The van der Waals surface area contributed by atoms with Gasteiger partial charge in [0.15, 0.2) is 0 Å². The van der Waals surface area contributed by atoms with Crippen LogP contribution in [0.25, 0.3) is 60.3 Å². The van der Waals surface area contributed by atoms with E-state index < -0.39 is 0 Å². The molecule has 0 fully saturated rings. The minimum atomic E-state index is 0.0412. The molecule has 0 bridgehead atoms. The van der Waals surface area contributed by atoms with Crippen molar-refractivity contribution in [2.45, 2.75) is 53.4 Å². The first-order valence-electron chi connectivity index (χ1n) is 15.8. The minimum absolute atomic E-state index is 0.0412. The van der Waals surface area contributed by atoms with Crippen molar-refractivity contribution >= 4 is 49.0 Å².